The van der Waals surface area contributed by atoms with Gasteiger partial charge in [-0.25, -0.2) is 9.78 Å². The van der Waals surface area contributed by atoms with Crippen molar-refractivity contribution in [1.82, 2.24) is 20.2 Å². The van der Waals surface area contributed by atoms with Crippen LogP contribution < -0.4 is 5.32 Å². The number of imidazole rings is 1. The Bertz CT molecular complexity index is 488. The van der Waals surface area contributed by atoms with Gasteiger partial charge in [-0.15, -0.1) is 0 Å². The van der Waals surface area contributed by atoms with Crippen LogP contribution in [0.5, 0.6) is 0 Å². The fourth-order valence-corrected chi connectivity index (χ4v) is 2.10. The van der Waals surface area contributed by atoms with Gasteiger partial charge in [-0.2, -0.15) is 0 Å². The Hall–Kier alpha value is -1.82. The van der Waals surface area contributed by atoms with Gasteiger partial charge in [0.05, 0.1) is 6.54 Å². The summed E-state index contributed by atoms with van der Waals surface area (Å²) in [5.41, 5.74) is 0.882. The van der Waals surface area contributed by atoms with E-state index in [4.69, 9.17) is 4.74 Å². The molecule has 21 heavy (non-hydrogen) atoms. The molecule has 1 aliphatic rings. The highest BCUT2D eigenvalue weighted by atomic mass is 16.6. The summed E-state index contributed by atoms with van der Waals surface area (Å²) in [6.45, 7) is 8.52. The van der Waals surface area contributed by atoms with E-state index < -0.39 is 5.60 Å². The average molecular weight is 292 g/mol. The standard InChI is InChI=1S/C15H24N4O2/c1-15(2,3)21-14(20)19-8-4-12(5-9-19)10-16-11-13-17-6-7-18-13/h4,6-7,16H,5,8-11H2,1-3H3,(H,17,18). The fraction of sp³-hybridized carbons (Fsp3) is 0.600. The van der Waals surface area contributed by atoms with E-state index in [1.54, 1.807) is 11.1 Å². The molecule has 2 rings (SSSR count). The quantitative estimate of drug-likeness (QED) is 0.833. The smallest absolute Gasteiger partial charge is 0.410 e. The van der Waals surface area contributed by atoms with E-state index in [2.05, 4.69) is 21.4 Å². The normalized spacial score (nSPS) is 15.8. The minimum absolute atomic E-state index is 0.235. The topological polar surface area (TPSA) is 70.2 Å². The second-order valence-electron chi connectivity index (χ2n) is 6.18. The number of ether oxygens (including phenoxy) is 1. The third-order valence-corrected chi connectivity index (χ3v) is 3.15. The minimum atomic E-state index is -0.439. The van der Waals surface area contributed by atoms with Crippen LogP contribution in [0.15, 0.2) is 24.0 Å². The highest BCUT2D eigenvalue weighted by molar-refractivity contribution is 5.68. The van der Waals surface area contributed by atoms with Crippen LogP contribution >= 0.6 is 0 Å². The molecule has 0 radical (unpaired) electrons. The van der Waals surface area contributed by atoms with Crippen molar-refractivity contribution in [3.8, 4) is 0 Å². The third-order valence-electron chi connectivity index (χ3n) is 3.15. The molecule has 6 heteroatoms. The van der Waals surface area contributed by atoms with Crippen molar-refractivity contribution in [3.05, 3.63) is 29.9 Å². The Morgan fingerprint density at radius 3 is 2.86 bits per heavy atom. The van der Waals surface area contributed by atoms with Crippen LogP contribution in [-0.2, 0) is 11.3 Å². The zero-order valence-corrected chi connectivity index (χ0v) is 13.0. The predicted octanol–water partition coefficient (Wildman–Crippen LogP) is 2.07. The largest absolute Gasteiger partial charge is 0.444 e. The maximum absolute atomic E-state index is 11.9. The summed E-state index contributed by atoms with van der Waals surface area (Å²) in [6, 6.07) is 0. The molecule has 0 bridgehead atoms. The van der Waals surface area contributed by atoms with Gasteiger partial charge in [0.2, 0.25) is 0 Å². The molecule has 116 valence electrons. The second kappa shape index (κ2) is 6.76. The number of carbonyl (C=O) groups excluding carboxylic acids is 1. The first-order valence-electron chi connectivity index (χ1n) is 7.29. The first-order chi connectivity index (χ1) is 9.94. The van der Waals surface area contributed by atoms with Crippen molar-refractivity contribution in [3.63, 3.8) is 0 Å². The van der Waals surface area contributed by atoms with Crippen LogP contribution in [0.3, 0.4) is 0 Å². The van der Waals surface area contributed by atoms with Crippen molar-refractivity contribution in [2.24, 2.45) is 0 Å². The lowest BCUT2D eigenvalue weighted by molar-refractivity contribution is 0.0265. The van der Waals surface area contributed by atoms with Crippen molar-refractivity contribution in [1.29, 1.82) is 0 Å². The zero-order valence-electron chi connectivity index (χ0n) is 13.0. The number of aromatic amines is 1. The number of carbonyl (C=O) groups is 1. The van der Waals surface area contributed by atoms with Crippen LogP contribution in [0.2, 0.25) is 0 Å². The monoisotopic (exact) mass is 292 g/mol. The third kappa shape index (κ3) is 5.23. The Kier molecular flexibility index (Phi) is 5.01. The summed E-state index contributed by atoms with van der Waals surface area (Å²) in [5, 5.41) is 3.34. The molecule has 0 aliphatic carbocycles. The molecule has 0 spiro atoms. The van der Waals surface area contributed by atoms with Gasteiger partial charge in [0.15, 0.2) is 0 Å². The summed E-state index contributed by atoms with van der Waals surface area (Å²) >= 11 is 0. The molecule has 0 unspecified atom stereocenters. The van der Waals surface area contributed by atoms with Crippen LogP contribution in [0.1, 0.15) is 33.0 Å². The summed E-state index contributed by atoms with van der Waals surface area (Å²) in [6.07, 6.45) is 6.30. The number of aromatic nitrogens is 2. The highest BCUT2D eigenvalue weighted by Crippen LogP contribution is 2.15. The Morgan fingerprint density at radius 1 is 1.48 bits per heavy atom. The van der Waals surface area contributed by atoms with Crippen LogP contribution in [0.4, 0.5) is 4.79 Å². The maximum Gasteiger partial charge on any atom is 0.410 e. The SMILES string of the molecule is CC(C)(C)OC(=O)N1CC=C(CNCc2ncc[nH]2)CC1. The molecule has 1 aliphatic heterocycles. The van der Waals surface area contributed by atoms with Gasteiger partial charge in [0, 0.05) is 32.0 Å². The van der Waals surface area contributed by atoms with Gasteiger partial charge in [-0.1, -0.05) is 11.6 Å². The van der Waals surface area contributed by atoms with Crippen LogP contribution in [-0.4, -0.2) is 46.2 Å². The van der Waals surface area contributed by atoms with Crippen LogP contribution in [0, 0.1) is 0 Å². The predicted molar refractivity (Wildman–Crippen MR) is 80.8 cm³/mol. The van der Waals surface area contributed by atoms with Crippen LogP contribution in [0.25, 0.3) is 0 Å². The first kappa shape index (κ1) is 15.6. The first-order valence-corrected chi connectivity index (χ1v) is 7.29. The van der Waals surface area contributed by atoms with E-state index in [0.29, 0.717) is 13.1 Å². The van der Waals surface area contributed by atoms with Crippen molar-refractivity contribution >= 4 is 6.09 Å². The number of H-pyrrole nitrogens is 1. The van der Waals surface area contributed by atoms with Gasteiger partial charge in [0.1, 0.15) is 11.4 Å². The number of nitrogens with one attached hydrogen (secondary N) is 2. The number of rotatable bonds is 4. The molecule has 0 fully saturated rings. The van der Waals surface area contributed by atoms with E-state index in [9.17, 15) is 4.79 Å². The Balaban J connectivity index is 1.73. The van der Waals surface area contributed by atoms with Gasteiger partial charge in [-0.3, -0.25) is 0 Å². The van der Waals surface area contributed by atoms with Crippen molar-refractivity contribution in [2.45, 2.75) is 39.3 Å². The van der Waals surface area contributed by atoms with E-state index in [-0.39, 0.29) is 6.09 Å². The molecule has 0 aromatic carbocycles. The Labute approximate surface area is 125 Å². The Morgan fingerprint density at radius 2 is 2.29 bits per heavy atom. The number of amides is 1. The van der Waals surface area contributed by atoms with E-state index >= 15 is 0 Å². The van der Waals surface area contributed by atoms with Gasteiger partial charge >= 0.3 is 6.09 Å². The molecule has 0 atom stereocenters. The molecular weight excluding hydrogens is 268 g/mol. The average Bonchev–Trinajstić information content (AvgIpc) is 2.91. The number of nitrogens with zero attached hydrogens (tertiary/aromatic N) is 2. The van der Waals surface area contributed by atoms with Crippen molar-refractivity contribution < 1.29 is 9.53 Å². The lowest BCUT2D eigenvalue weighted by atomic mass is 10.1. The molecular formula is C15H24N4O2. The van der Waals surface area contributed by atoms with Crippen molar-refractivity contribution in [2.75, 3.05) is 19.6 Å². The summed E-state index contributed by atoms with van der Waals surface area (Å²) < 4.78 is 5.37. The van der Waals surface area contributed by atoms with E-state index in [1.807, 2.05) is 27.0 Å². The zero-order chi connectivity index (χ0) is 15.3. The highest BCUT2D eigenvalue weighted by Gasteiger charge is 2.23. The molecule has 2 N–H and O–H groups in total. The minimum Gasteiger partial charge on any atom is -0.444 e. The number of hydrogen-bond donors (Lipinski definition) is 2. The van der Waals surface area contributed by atoms with Gasteiger partial charge in [0.25, 0.3) is 0 Å². The van der Waals surface area contributed by atoms with Gasteiger partial charge < -0.3 is 19.9 Å². The molecule has 2 heterocycles. The molecule has 0 saturated carbocycles. The van der Waals surface area contributed by atoms with E-state index in [0.717, 1.165) is 25.3 Å². The fourth-order valence-electron chi connectivity index (χ4n) is 2.10. The number of hydrogen-bond acceptors (Lipinski definition) is 4. The second-order valence-corrected chi connectivity index (χ2v) is 6.18. The van der Waals surface area contributed by atoms with Gasteiger partial charge in [-0.05, 0) is 27.2 Å². The lowest BCUT2D eigenvalue weighted by Crippen LogP contribution is -2.39. The summed E-state index contributed by atoms with van der Waals surface area (Å²) in [4.78, 5) is 20.9. The molecule has 6 nitrogen and oxygen atoms in total. The lowest BCUT2D eigenvalue weighted by Gasteiger charge is -2.29. The molecule has 1 aromatic heterocycles. The molecule has 1 aromatic rings. The summed E-state index contributed by atoms with van der Waals surface area (Å²) in [5.74, 6) is 0.932. The van der Waals surface area contributed by atoms with E-state index in [1.165, 1.54) is 5.57 Å². The summed E-state index contributed by atoms with van der Waals surface area (Å²) in [7, 11) is 0. The maximum atomic E-state index is 11.9. The molecule has 0 saturated heterocycles. The molecule has 1 amide bonds.